The van der Waals surface area contributed by atoms with Crippen molar-refractivity contribution >= 4 is 17.5 Å². The molecule has 1 fully saturated rings. The molecule has 1 saturated carbocycles. The number of carbonyl (C=O) groups excluding carboxylic acids is 2. The summed E-state index contributed by atoms with van der Waals surface area (Å²) in [4.78, 5) is 27.6. The lowest BCUT2D eigenvalue weighted by molar-refractivity contribution is -0.140. The standard InChI is InChI=1S/C15H23NO5/c1-3-10(9-17)16-11-5-4-6-12(18)15(11)13(19)7-8-14(20)21-2/h10,17,19H,3-9H2,1-2H3/b15-13+,16-11?. The minimum absolute atomic E-state index is 0.0175. The van der Waals surface area contributed by atoms with Crippen molar-refractivity contribution < 1.29 is 24.5 Å². The molecule has 6 nitrogen and oxygen atoms in total. The van der Waals surface area contributed by atoms with Crippen LogP contribution >= 0.6 is 0 Å². The molecule has 0 aromatic rings. The Kier molecular flexibility index (Phi) is 7.08. The van der Waals surface area contributed by atoms with Crippen LogP contribution in [0.25, 0.3) is 0 Å². The first-order chi connectivity index (χ1) is 10.0. The molecule has 118 valence electrons. The zero-order valence-corrected chi connectivity index (χ0v) is 12.6. The molecule has 0 aromatic heterocycles. The van der Waals surface area contributed by atoms with Crippen LogP contribution in [0.3, 0.4) is 0 Å². The van der Waals surface area contributed by atoms with Crippen molar-refractivity contribution in [3.8, 4) is 0 Å². The highest BCUT2D eigenvalue weighted by Crippen LogP contribution is 2.23. The van der Waals surface area contributed by atoms with Gasteiger partial charge in [0.2, 0.25) is 0 Å². The van der Waals surface area contributed by atoms with Crippen LogP contribution in [0.1, 0.15) is 45.4 Å². The lowest BCUT2D eigenvalue weighted by Crippen LogP contribution is -2.24. The van der Waals surface area contributed by atoms with Crippen molar-refractivity contribution in [1.29, 1.82) is 0 Å². The van der Waals surface area contributed by atoms with Crippen molar-refractivity contribution in [2.24, 2.45) is 4.99 Å². The van der Waals surface area contributed by atoms with E-state index in [1.807, 2.05) is 6.92 Å². The second-order valence-corrected chi connectivity index (χ2v) is 4.99. The lowest BCUT2D eigenvalue weighted by atomic mass is 9.89. The Morgan fingerprint density at radius 3 is 2.67 bits per heavy atom. The smallest absolute Gasteiger partial charge is 0.305 e. The monoisotopic (exact) mass is 297 g/mol. The molecule has 0 aromatic carbocycles. The third-order valence-corrected chi connectivity index (χ3v) is 3.49. The number of allylic oxidation sites excluding steroid dienone is 2. The van der Waals surface area contributed by atoms with Gasteiger partial charge in [-0.15, -0.1) is 0 Å². The van der Waals surface area contributed by atoms with E-state index in [1.165, 1.54) is 7.11 Å². The summed E-state index contributed by atoms with van der Waals surface area (Å²) in [6, 6.07) is -0.269. The van der Waals surface area contributed by atoms with Crippen molar-refractivity contribution in [3.05, 3.63) is 11.3 Å². The SMILES string of the molecule is CCC(CO)N=C1CCCC(=O)/C1=C(/O)CCC(=O)OC. The molecule has 0 amide bonds. The second kappa shape index (κ2) is 8.56. The molecule has 1 atom stereocenters. The Hall–Kier alpha value is -1.69. The number of hydrogen-bond acceptors (Lipinski definition) is 6. The van der Waals surface area contributed by atoms with Crippen molar-refractivity contribution in [2.45, 2.75) is 51.5 Å². The van der Waals surface area contributed by atoms with Crippen LogP contribution in [-0.4, -0.2) is 47.4 Å². The van der Waals surface area contributed by atoms with E-state index < -0.39 is 5.97 Å². The summed E-state index contributed by atoms with van der Waals surface area (Å²) in [7, 11) is 1.28. The fourth-order valence-corrected chi connectivity index (χ4v) is 2.21. The molecule has 1 aliphatic carbocycles. The van der Waals surface area contributed by atoms with Crippen molar-refractivity contribution in [2.75, 3.05) is 13.7 Å². The maximum Gasteiger partial charge on any atom is 0.305 e. The van der Waals surface area contributed by atoms with Gasteiger partial charge in [0, 0.05) is 18.6 Å². The number of ether oxygens (including phenoxy) is 1. The highest BCUT2D eigenvalue weighted by Gasteiger charge is 2.26. The summed E-state index contributed by atoms with van der Waals surface area (Å²) in [6.07, 6.45) is 2.39. The summed E-state index contributed by atoms with van der Waals surface area (Å²) in [6.45, 7) is 1.81. The summed E-state index contributed by atoms with van der Waals surface area (Å²) >= 11 is 0. The van der Waals surface area contributed by atoms with Gasteiger partial charge in [-0.2, -0.15) is 0 Å². The third-order valence-electron chi connectivity index (χ3n) is 3.49. The first-order valence-corrected chi connectivity index (χ1v) is 7.23. The van der Waals surface area contributed by atoms with Gasteiger partial charge in [0.1, 0.15) is 5.76 Å². The van der Waals surface area contributed by atoms with E-state index in [0.29, 0.717) is 31.4 Å². The van der Waals surface area contributed by atoms with Gasteiger partial charge in [0.05, 0.1) is 31.8 Å². The minimum Gasteiger partial charge on any atom is -0.511 e. The molecule has 0 radical (unpaired) electrons. The van der Waals surface area contributed by atoms with E-state index in [2.05, 4.69) is 9.73 Å². The van der Waals surface area contributed by atoms with E-state index in [1.54, 1.807) is 0 Å². The first-order valence-electron chi connectivity index (χ1n) is 7.23. The lowest BCUT2D eigenvalue weighted by Gasteiger charge is -2.19. The number of aliphatic imine (C=N–C) groups is 1. The Labute approximate surface area is 124 Å². The number of aliphatic hydroxyl groups excluding tert-OH is 2. The molecule has 0 saturated heterocycles. The molecule has 2 N–H and O–H groups in total. The molecule has 6 heteroatoms. The molecular weight excluding hydrogens is 274 g/mol. The van der Waals surface area contributed by atoms with Gasteiger partial charge in [-0.3, -0.25) is 14.6 Å². The van der Waals surface area contributed by atoms with Gasteiger partial charge in [0.25, 0.3) is 0 Å². The second-order valence-electron chi connectivity index (χ2n) is 4.99. The zero-order valence-electron chi connectivity index (χ0n) is 12.6. The Morgan fingerprint density at radius 2 is 2.10 bits per heavy atom. The number of aliphatic hydroxyl groups is 2. The Bertz CT molecular complexity index is 449. The molecule has 21 heavy (non-hydrogen) atoms. The predicted octanol–water partition coefficient (Wildman–Crippen LogP) is 1.72. The van der Waals surface area contributed by atoms with Gasteiger partial charge < -0.3 is 14.9 Å². The van der Waals surface area contributed by atoms with E-state index in [-0.39, 0.29) is 42.6 Å². The summed E-state index contributed by atoms with van der Waals surface area (Å²) in [5, 5.41) is 19.3. The number of rotatable bonds is 6. The molecule has 0 bridgehead atoms. The highest BCUT2D eigenvalue weighted by atomic mass is 16.5. The number of ketones is 1. The predicted molar refractivity (Wildman–Crippen MR) is 78.4 cm³/mol. The number of Topliss-reactive ketones (excluding diaryl/α,β-unsaturated/α-hetero) is 1. The topological polar surface area (TPSA) is 96.2 Å². The van der Waals surface area contributed by atoms with Crippen LogP contribution < -0.4 is 0 Å². The fraction of sp³-hybridized carbons (Fsp3) is 0.667. The van der Waals surface area contributed by atoms with E-state index >= 15 is 0 Å². The van der Waals surface area contributed by atoms with E-state index in [9.17, 15) is 19.8 Å². The summed E-state index contributed by atoms with van der Waals surface area (Å²) in [5.74, 6) is -0.711. The Balaban J connectivity index is 2.99. The van der Waals surface area contributed by atoms with Gasteiger partial charge >= 0.3 is 5.97 Å². The third kappa shape index (κ3) is 4.97. The average Bonchev–Trinajstić information content (AvgIpc) is 2.49. The van der Waals surface area contributed by atoms with Crippen LogP contribution in [0, 0.1) is 0 Å². The summed E-state index contributed by atoms with van der Waals surface area (Å²) < 4.78 is 4.52. The van der Waals surface area contributed by atoms with E-state index in [4.69, 9.17) is 0 Å². The number of nitrogens with zero attached hydrogens (tertiary/aromatic N) is 1. The summed E-state index contributed by atoms with van der Waals surface area (Å²) in [5.41, 5.74) is 0.756. The van der Waals surface area contributed by atoms with Crippen LogP contribution in [0.15, 0.2) is 16.3 Å². The quantitative estimate of drug-likeness (QED) is 0.442. The van der Waals surface area contributed by atoms with Gasteiger partial charge in [-0.05, 0) is 19.3 Å². The van der Waals surface area contributed by atoms with Crippen molar-refractivity contribution in [3.63, 3.8) is 0 Å². The maximum absolute atomic E-state index is 12.0. The molecule has 0 aliphatic heterocycles. The fourth-order valence-electron chi connectivity index (χ4n) is 2.21. The molecule has 0 spiro atoms. The Morgan fingerprint density at radius 1 is 1.38 bits per heavy atom. The van der Waals surface area contributed by atoms with Gasteiger partial charge in [-0.1, -0.05) is 6.92 Å². The molecule has 1 aliphatic rings. The first kappa shape index (κ1) is 17.4. The van der Waals surface area contributed by atoms with Crippen LogP contribution in [-0.2, 0) is 14.3 Å². The zero-order chi connectivity index (χ0) is 15.8. The highest BCUT2D eigenvalue weighted by molar-refractivity contribution is 6.24. The van der Waals surface area contributed by atoms with Gasteiger partial charge in [-0.25, -0.2) is 0 Å². The minimum atomic E-state index is -0.439. The van der Waals surface area contributed by atoms with Crippen LogP contribution in [0.2, 0.25) is 0 Å². The maximum atomic E-state index is 12.0. The molecular formula is C15H23NO5. The average molecular weight is 297 g/mol. The van der Waals surface area contributed by atoms with Crippen LogP contribution in [0.4, 0.5) is 0 Å². The van der Waals surface area contributed by atoms with Crippen LogP contribution in [0.5, 0.6) is 0 Å². The van der Waals surface area contributed by atoms with Crippen molar-refractivity contribution in [1.82, 2.24) is 0 Å². The normalized spacial score (nSPS) is 21.3. The largest absolute Gasteiger partial charge is 0.511 e. The van der Waals surface area contributed by atoms with Gasteiger partial charge in [0.15, 0.2) is 5.78 Å². The number of hydrogen-bond donors (Lipinski definition) is 2. The molecule has 0 heterocycles. The number of carbonyl (C=O) groups is 2. The molecule has 1 rings (SSSR count). The van der Waals surface area contributed by atoms with E-state index in [0.717, 1.165) is 0 Å². The molecule has 1 unspecified atom stereocenters. The number of methoxy groups -OCH3 is 1. The number of esters is 1.